The number of nitrogens with zero attached hydrogens (tertiary/aromatic N) is 1. The van der Waals surface area contributed by atoms with Crippen LogP contribution < -0.4 is 0 Å². The number of ether oxygens (including phenoxy) is 3. The van der Waals surface area contributed by atoms with Gasteiger partial charge in [0.15, 0.2) is 5.79 Å². The van der Waals surface area contributed by atoms with Gasteiger partial charge in [-0.2, -0.15) is 0 Å². The van der Waals surface area contributed by atoms with E-state index in [0.717, 1.165) is 58.0 Å². The van der Waals surface area contributed by atoms with Gasteiger partial charge in [-0.1, -0.05) is 39.3 Å². The molecule has 1 aliphatic heterocycles. The van der Waals surface area contributed by atoms with Crippen molar-refractivity contribution in [3.05, 3.63) is 12.2 Å². The Morgan fingerprint density at radius 2 is 1.96 bits per heavy atom. The Bertz CT molecular complexity index is 455. The smallest absolute Gasteiger partial charge is 0.168 e. The molecule has 0 aromatic heterocycles. The van der Waals surface area contributed by atoms with Gasteiger partial charge < -0.3 is 14.2 Å². The maximum Gasteiger partial charge on any atom is 0.168 e. The highest BCUT2D eigenvalue weighted by atomic mass is 16.7. The largest absolute Gasteiger partial charge is 0.383 e. The second kappa shape index (κ2) is 10.4. The van der Waals surface area contributed by atoms with Gasteiger partial charge in [0.05, 0.1) is 19.3 Å². The number of hydrogen-bond acceptors (Lipinski definition) is 4. The van der Waals surface area contributed by atoms with Gasteiger partial charge in [-0.3, -0.25) is 4.90 Å². The Labute approximate surface area is 167 Å². The highest BCUT2D eigenvalue weighted by Crippen LogP contribution is 2.47. The lowest BCUT2D eigenvalue weighted by Crippen LogP contribution is -2.39. The summed E-state index contributed by atoms with van der Waals surface area (Å²) < 4.78 is 17.9. The van der Waals surface area contributed by atoms with Crippen molar-refractivity contribution in [1.82, 2.24) is 4.90 Å². The first-order valence-electron chi connectivity index (χ1n) is 11.0. The van der Waals surface area contributed by atoms with Gasteiger partial charge in [0.1, 0.15) is 0 Å². The molecule has 2 rings (SSSR count). The zero-order valence-electron chi connectivity index (χ0n) is 18.5. The SMILES string of the molecule is C=C(C)CN(CCOC)CCC1COC2(CCC(C(C)(C)CCC)CC2)O1. The Morgan fingerprint density at radius 3 is 2.56 bits per heavy atom. The number of hydrogen-bond donors (Lipinski definition) is 0. The van der Waals surface area contributed by atoms with Gasteiger partial charge in [-0.05, 0) is 43.9 Å². The van der Waals surface area contributed by atoms with Crippen LogP contribution in [0.3, 0.4) is 0 Å². The van der Waals surface area contributed by atoms with E-state index in [0.29, 0.717) is 5.41 Å². The third-order valence-corrected chi connectivity index (χ3v) is 6.53. The number of methoxy groups -OCH3 is 1. The van der Waals surface area contributed by atoms with Crippen LogP contribution in [0, 0.1) is 11.3 Å². The van der Waals surface area contributed by atoms with E-state index >= 15 is 0 Å². The van der Waals surface area contributed by atoms with Gasteiger partial charge in [0.25, 0.3) is 0 Å². The van der Waals surface area contributed by atoms with E-state index in [2.05, 4.69) is 39.2 Å². The molecular formula is C23H43NO3. The van der Waals surface area contributed by atoms with Gasteiger partial charge in [0, 0.05) is 39.6 Å². The molecule has 0 N–H and O–H groups in total. The third kappa shape index (κ3) is 6.85. The minimum absolute atomic E-state index is 0.223. The molecule has 2 fully saturated rings. The summed E-state index contributed by atoms with van der Waals surface area (Å²) in [6, 6.07) is 0. The highest BCUT2D eigenvalue weighted by Gasteiger charge is 2.46. The lowest BCUT2D eigenvalue weighted by molar-refractivity contribution is -0.197. The Hall–Kier alpha value is -0.420. The molecule has 1 saturated heterocycles. The maximum atomic E-state index is 6.47. The number of rotatable bonds is 11. The quantitative estimate of drug-likeness (QED) is 0.470. The van der Waals surface area contributed by atoms with Crippen molar-refractivity contribution in [2.75, 3.05) is 40.0 Å². The fourth-order valence-electron chi connectivity index (χ4n) is 4.91. The summed E-state index contributed by atoms with van der Waals surface area (Å²) in [7, 11) is 1.76. The maximum absolute atomic E-state index is 6.47. The van der Waals surface area contributed by atoms with E-state index in [1.165, 1.54) is 31.3 Å². The summed E-state index contributed by atoms with van der Waals surface area (Å²) in [5.41, 5.74) is 1.64. The van der Waals surface area contributed by atoms with Crippen molar-refractivity contribution < 1.29 is 14.2 Å². The fourth-order valence-corrected chi connectivity index (χ4v) is 4.91. The van der Waals surface area contributed by atoms with E-state index in [4.69, 9.17) is 14.2 Å². The van der Waals surface area contributed by atoms with Crippen molar-refractivity contribution in [2.45, 2.75) is 84.5 Å². The van der Waals surface area contributed by atoms with Gasteiger partial charge in [-0.25, -0.2) is 0 Å². The van der Waals surface area contributed by atoms with Crippen LogP contribution in [0.1, 0.15) is 72.6 Å². The molecule has 0 bridgehead atoms. The van der Waals surface area contributed by atoms with Crippen LogP contribution in [-0.2, 0) is 14.2 Å². The summed E-state index contributed by atoms with van der Waals surface area (Å²) in [6.45, 7) is 17.7. The Kier molecular flexibility index (Phi) is 8.79. The van der Waals surface area contributed by atoms with Crippen LogP contribution in [0.4, 0.5) is 0 Å². The zero-order valence-corrected chi connectivity index (χ0v) is 18.5. The average molecular weight is 382 g/mol. The molecule has 1 aliphatic carbocycles. The fraction of sp³-hybridized carbons (Fsp3) is 0.913. The minimum Gasteiger partial charge on any atom is -0.383 e. The van der Waals surface area contributed by atoms with Gasteiger partial charge in [-0.15, -0.1) is 0 Å². The standard InChI is InChI=1S/C23H43NO3/c1-7-11-22(4,5)20-8-12-23(13-9-20)26-18-21(27-23)10-14-24(15-16-25-6)17-19(2)3/h20-21H,2,7-18H2,1,3-6H3. The van der Waals surface area contributed by atoms with Crippen LogP contribution in [0.15, 0.2) is 12.2 Å². The molecular weight excluding hydrogens is 338 g/mol. The molecule has 1 unspecified atom stereocenters. The predicted molar refractivity (Wildman–Crippen MR) is 112 cm³/mol. The van der Waals surface area contributed by atoms with E-state index in [9.17, 15) is 0 Å². The molecule has 158 valence electrons. The molecule has 27 heavy (non-hydrogen) atoms. The summed E-state index contributed by atoms with van der Waals surface area (Å²) in [4.78, 5) is 2.41. The first kappa shape index (κ1) is 22.9. The van der Waals surface area contributed by atoms with Crippen LogP contribution in [0.2, 0.25) is 0 Å². The third-order valence-electron chi connectivity index (χ3n) is 6.53. The topological polar surface area (TPSA) is 30.9 Å². The molecule has 0 amide bonds. The van der Waals surface area contributed by atoms with Crippen molar-refractivity contribution in [1.29, 1.82) is 0 Å². The Morgan fingerprint density at radius 1 is 1.26 bits per heavy atom. The summed E-state index contributed by atoms with van der Waals surface area (Å²) in [5, 5.41) is 0. The lowest BCUT2D eigenvalue weighted by Gasteiger charge is -2.42. The normalized spacial score (nSPS) is 29.0. The molecule has 0 aromatic carbocycles. The molecule has 0 aromatic rings. The molecule has 0 radical (unpaired) electrons. The second-order valence-corrected chi connectivity index (χ2v) is 9.49. The van der Waals surface area contributed by atoms with Crippen molar-refractivity contribution >= 4 is 0 Å². The molecule has 1 saturated carbocycles. The van der Waals surface area contributed by atoms with Crippen LogP contribution in [0.5, 0.6) is 0 Å². The first-order valence-corrected chi connectivity index (χ1v) is 11.0. The zero-order chi connectivity index (χ0) is 19.9. The van der Waals surface area contributed by atoms with E-state index < -0.39 is 0 Å². The molecule has 4 heteroatoms. The van der Waals surface area contributed by atoms with E-state index in [1.54, 1.807) is 7.11 Å². The molecule has 1 spiro atoms. The second-order valence-electron chi connectivity index (χ2n) is 9.49. The highest BCUT2D eigenvalue weighted by molar-refractivity contribution is 4.93. The molecule has 4 nitrogen and oxygen atoms in total. The molecule has 1 atom stereocenters. The monoisotopic (exact) mass is 381 g/mol. The first-order chi connectivity index (χ1) is 12.8. The van der Waals surface area contributed by atoms with Gasteiger partial charge >= 0.3 is 0 Å². The predicted octanol–water partition coefficient (Wildman–Crippen LogP) is 5.03. The van der Waals surface area contributed by atoms with Gasteiger partial charge in [0.2, 0.25) is 0 Å². The average Bonchev–Trinajstić information content (AvgIpc) is 3.00. The Balaban J connectivity index is 1.78. The lowest BCUT2D eigenvalue weighted by atomic mass is 9.68. The van der Waals surface area contributed by atoms with Crippen molar-refractivity contribution in [3.8, 4) is 0 Å². The summed E-state index contributed by atoms with van der Waals surface area (Å²) in [5.74, 6) is 0.504. The van der Waals surface area contributed by atoms with E-state index in [-0.39, 0.29) is 11.9 Å². The minimum atomic E-state index is -0.296. The molecule has 2 aliphatic rings. The van der Waals surface area contributed by atoms with Crippen molar-refractivity contribution in [2.24, 2.45) is 11.3 Å². The molecule has 1 heterocycles. The van der Waals surface area contributed by atoms with Crippen molar-refractivity contribution in [3.63, 3.8) is 0 Å². The summed E-state index contributed by atoms with van der Waals surface area (Å²) >= 11 is 0. The van der Waals surface area contributed by atoms with E-state index in [1.807, 2.05) is 0 Å². The van der Waals surface area contributed by atoms with Crippen LogP contribution in [-0.4, -0.2) is 56.7 Å². The summed E-state index contributed by atoms with van der Waals surface area (Å²) in [6.07, 6.45) is 8.40. The van der Waals surface area contributed by atoms with Crippen LogP contribution >= 0.6 is 0 Å². The van der Waals surface area contributed by atoms with Crippen LogP contribution in [0.25, 0.3) is 0 Å².